The van der Waals surface area contributed by atoms with Gasteiger partial charge in [0.2, 0.25) is 5.95 Å². The van der Waals surface area contributed by atoms with Crippen LogP contribution in [0.1, 0.15) is 18.1 Å². The summed E-state index contributed by atoms with van der Waals surface area (Å²) in [5, 5.41) is 14.5. The summed E-state index contributed by atoms with van der Waals surface area (Å²) in [5.41, 5.74) is 2.12. The molecular weight excluding hydrogens is 398 g/mol. The maximum absolute atomic E-state index is 6.00. The minimum Gasteiger partial charge on any atom is -0.490 e. The Bertz CT molecular complexity index is 854. The van der Waals surface area contributed by atoms with Crippen LogP contribution in [0.4, 0.5) is 5.95 Å². The Morgan fingerprint density at radius 3 is 2.62 bits per heavy atom. The quantitative estimate of drug-likeness (QED) is 0.603. The Labute approximate surface area is 160 Å². The molecule has 26 heavy (non-hydrogen) atoms. The van der Waals surface area contributed by atoms with E-state index in [0.29, 0.717) is 37.2 Å². The molecule has 0 amide bonds. The summed E-state index contributed by atoms with van der Waals surface area (Å²) >= 11 is 3.60. The lowest BCUT2D eigenvalue weighted by Gasteiger charge is -2.16. The van der Waals surface area contributed by atoms with Crippen LogP contribution in [-0.2, 0) is 20.2 Å². The Hall–Kier alpha value is -2.61. The van der Waals surface area contributed by atoms with Crippen molar-refractivity contribution in [3.05, 3.63) is 58.1 Å². The average Bonchev–Trinajstić information content (AvgIpc) is 3.05. The van der Waals surface area contributed by atoms with Gasteiger partial charge in [-0.2, -0.15) is 0 Å². The molecular formula is C18H20BrN5O2. The number of nitrogens with one attached hydrogen (secondary N) is 1. The first kappa shape index (κ1) is 18.2. The van der Waals surface area contributed by atoms with Gasteiger partial charge in [-0.15, -0.1) is 0 Å². The molecule has 0 radical (unpaired) electrons. The molecule has 0 aliphatic rings. The molecule has 3 aromatic rings. The number of hydrogen-bond donors (Lipinski definition) is 1. The molecule has 3 rings (SSSR count). The van der Waals surface area contributed by atoms with Gasteiger partial charge in [0.05, 0.1) is 11.1 Å². The molecule has 0 aliphatic heterocycles. The highest BCUT2D eigenvalue weighted by atomic mass is 79.9. The first-order valence-electron chi connectivity index (χ1n) is 8.25. The Morgan fingerprint density at radius 1 is 1.12 bits per heavy atom. The molecule has 0 saturated carbocycles. The van der Waals surface area contributed by atoms with Gasteiger partial charge in [0.25, 0.3) is 0 Å². The molecule has 136 valence electrons. The van der Waals surface area contributed by atoms with Crippen molar-refractivity contribution in [3.8, 4) is 11.5 Å². The third-order valence-electron chi connectivity index (χ3n) is 3.67. The van der Waals surface area contributed by atoms with E-state index in [1.807, 2.05) is 49.4 Å². The maximum Gasteiger partial charge on any atom is 0.242 e. The number of anilines is 1. The summed E-state index contributed by atoms with van der Waals surface area (Å²) < 4.78 is 14.2. The van der Waals surface area contributed by atoms with Crippen LogP contribution in [0.5, 0.6) is 11.5 Å². The molecule has 1 heterocycles. The van der Waals surface area contributed by atoms with Crippen LogP contribution in [0.3, 0.4) is 0 Å². The van der Waals surface area contributed by atoms with Gasteiger partial charge in [-0.05, 0) is 56.5 Å². The van der Waals surface area contributed by atoms with Gasteiger partial charge in [0.1, 0.15) is 6.61 Å². The summed E-state index contributed by atoms with van der Waals surface area (Å²) in [4.78, 5) is 0. The van der Waals surface area contributed by atoms with Gasteiger partial charge in [0, 0.05) is 13.6 Å². The first-order chi connectivity index (χ1) is 12.7. The third-order valence-corrected chi connectivity index (χ3v) is 4.25. The fraction of sp³-hybridized carbons (Fsp3) is 0.278. The van der Waals surface area contributed by atoms with E-state index in [1.165, 1.54) is 0 Å². The number of nitrogens with zero attached hydrogens (tertiary/aromatic N) is 4. The molecule has 1 N–H and O–H groups in total. The lowest BCUT2D eigenvalue weighted by molar-refractivity contribution is 0.267. The van der Waals surface area contributed by atoms with Crippen LogP contribution >= 0.6 is 15.9 Å². The zero-order valence-electron chi connectivity index (χ0n) is 14.6. The van der Waals surface area contributed by atoms with E-state index in [-0.39, 0.29) is 0 Å². The van der Waals surface area contributed by atoms with Crippen LogP contribution < -0.4 is 14.8 Å². The van der Waals surface area contributed by atoms with Gasteiger partial charge in [-0.3, -0.25) is 0 Å². The fourth-order valence-corrected chi connectivity index (χ4v) is 3.02. The fourth-order valence-electron chi connectivity index (χ4n) is 2.42. The molecule has 0 aliphatic carbocycles. The molecule has 0 bridgehead atoms. The molecule has 0 atom stereocenters. The number of hydrogen-bond acceptors (Lipinski definition) is 6. The van der Waals surface area contributed by atoms with Gasteiger partial charge in [-0.1, -0.05) is 35.4 Å². The minimum absolute atomic E-state index is 0.474. The maximum atomic E-state index is 6.00. The standard InChI is InChI=1S/C18H20BrN5O2/c1-3-25-16-10-14(11-20-18-21-22-23-24(18)2)9-15(19)17(16)26-12-13-7-5-4-6-8-13/h4-10H,3,11-12H2,1-2H3,(H,20,21,23). The van der Waals surface area contributed by atoms with E-state index in [2.05, 4.69) is 36.8 Å². The molecule has 0 fully saturated rings. The number of ether oxygens (including phenoxy) is 2. The SMILES string of the molecule is CCOc1cc(CNc2nnnn2C)cc(Br)c1OCc1ccccc1. The van der Waals surface area contributed by atoms with Gasteiger partial charge in [-0.25, -0.2) is 4.68 Å². The number of aryl methyl sites for hydroxylation is 1. The summed E-state index contributed by atoms with van der Waals surface area (Å²) in [5.74, 6) is 1.99. The third kappa shape index (κ3) is 4.51. The number of halogens is 1. The molecule has 7 nitrogen and oxygen atoms in total. The van der Waals surface area contributed by atoms with E-state index < -0.39 is 0 Å². The number of tetrazole rings is 1. The summed E-state index contributed by atoms with van der Waals surface area (Å²) in [6, 6.07) is 14.0. The number of benzene rings is 2. The second-order valence-electron chi connectivity index (χ2n) is 5.59. The molecule has 0 spiro atoms. The van der Waals surface area contributed by atoms with Crippen LogP contribution in [0.25, 0.3) is 0 Å². The Balaban J connectivity index is 1.75. The van der Waals surface area contributed by atoms with E-state index in [1.54, 1.807) is 11.7 Å². The second-order valence-corrected chi connectivity index (χ2v) is 6.45. The zero-order chi connectivity index (χ0) is 18.4. The summed E-state index contributed by atoms with van der Waals surface area (Å²) in [6.07, 6.45) is 0. The summed E-state index contributed by atoms with van der Waals surface area (Å²) in [7, 11) is 1.78. The molecule has 0 unspecified atom stereocenters. The van der Waals surface area contributed by atoms with E-state index in [9.17, 15) is 0 Å². The minimum atomic E-state index is 0.474. The van der Waals surface area contributed by atoms with Crippen molar-refractivity contribution in [1.29, 1.82) is 0 Å². The highest BCUT2D eigenvalue weighted by Gasteiger charge is 2.13. The average molecular weight is 418 g/mol. The summed E-state index contributed by atoms with van der Waals surface area (Å²) in [6.45, 7) is 3.54. The molecule has 1 aromatic heterocycles. The Kier molecular flexibility index (Phi) is 6.06. The van der Waals surface area contributed by atoms with Gasteiger partial charge in [0.15, 0.2) is 11.5 Å². The van der Waals surface area contributed by atoms with Crippen molar-refractivity contribution in [1.82, 2.24) is 20.2 Å². The van der Waals surface area contributed by atoms with E-state index in [0.717, 1.165) is 15.6 Å². The monoisotopic (exact) mass is 417 g/mol. The van der Waals surface area contributed by atoms with Crippen molar-refractivity contribution in [2.24, 2.45) is 7.05 Å². The van der Waals surface area contributed by atoms with Crippen LogP contribution in [0.2, 0.25) is 0 Å². The second kappa shape index (κ2) is 8.66. The van der Waals surface area contributed by atoms with Gasteiger partial charge >= 0.3 is 0 Å². The van der Waals surface area contributed by atoms with Crippen molar-refractivity contribution in [3.63, 3.8) is 0 Å². The number of aromatic nitrogens is 4. The van der Waals surface area contributed by atoms with Gasteiger partial charge < -0.3 is 14.8 Å². The topological polar surface area (TPSA) is 74.1 Å². The lowest BCUT2D eigenvalue weighted by atomic mass is 10.2. The van der Waals surface area contributed by atoms with E-state index in [4.69, 9.17) is 9.47 Å². The highest BCUT2D eigenvalue weighted by Crippen LogP contribution is 2.37. The predicted octanol–water partition coefficient (Wildman–Crippen LogP) is 3.56. The molecule has 2 aromatic carbocycles. The van der Waals surface area contributed by atoms with Crippen molar-refractivity contribution in [2.45, 2.75) is 20.1 Å². The first-order valence-corrected chi connectivity index (χ1v) is 9.05. The largest absolute Gasteiger partial charge is 0.490 e. The highest BCUT2D eigenvalue weighted by molar-refractivity contribution is 9.10. The van der Waals surface area contributed by atoms with Crippen LogP contribution in [0, 0.1) is 0 Å². The van der Waals surface area contributed by atoms with Crippen LogP contribution in [-0.4, -0.2) is 26.8 Å². The molecule has 0 saturated heterocycles. The predicted molar refractivity (Wildman–Crippen MR) is 102 cm³/mol. The lowest BCUT2D eigenvalue weighted by Crippen LogP contribution is -2.07. The van der Waals surface area contributed by atoms with E-state index >= 15 is 0 Å². The zero-order valence-corrected chi connectivity index (χ0v) is 16.2. The molecule has 8 heteroatoms. The van der Waals surface area contributed by atoms with Crippen molar-refractivity contribution in [2.75, 3.05) is 11.9 Å². The van der Waals surface area contributed by atoms with Crippen molar-refractivity contribution < 1.29 is 9.47 Å². The van der Waals surface area contributed by atoms with Crippen LogP contribution in [0.15, 0.2) is 46.9 Å². The van der Waals surface area contributed by atoms with Crippen molar-refractivity contribution >= 4 is 21.9 Å². The normalized spacial score (nSPS) is 10.6. The Morgan fingerprint density at radius 2 is 1.92 bits per heavy atom. The number of rotatable bonds is 8. The smallest absolute Gasteiger partial charge is 0.242 e.